The summed E-state index contributed by atoms with van der Waals surface area (Å²) in [6.45, 7) is 3.13. The highest BCUT2D eigenvalue weighted by Crippen LogP contribution is 2.12. The van der Waals surface area contributed by atoms with E-state index in [1.807, 2.05) is 17.7 Å². The molecule has 2 N–H and O–H groups in total. The monoisotopic (exact) mass is 229 g/mol. The maximum absolute atomic E-state index is 11.5. The average Bonchev–Trinajstić information content (AvgIpc) is 2.64. The molecule has 0 aliphatic heterocycles. The van der Waals surface area contributed by atoms with Crippen LogP contribution < -0.4 is 5.32 Å². The van der Waals surface area contributed by atoms with Crippen molar-refractivity contribution < 1.29 is 14.6 Å². The third-order valence-corrected chi connectivity index (χ3v) is 2.73. The first-order valence-electron chi connectivity index (χ1n) is 4.75. The van der Waals surface area contributed by atoms with Crippen LogP contribution in [0.3, 0.4) is 0 Å². The number of thiophene rings is 1. The molecular formula is C10H15NO3S. The average molecular weight is 229 g/mol. The molecule has 0 aliphatic rings. The van der Waals surface area contributed by atoms with Crippen LogP contribution in [0.5, 0.6) is 0 Å². The van der Waals surface area contributed by atoms with Crippen LogP contribution in [0.25, 0.3) is 0 Å². The molecule has 1 aromatic heterocycles. The van der Waals surface area contributed by atoms with E-state index in [2.05, 4.69) is 5.32 Å². The van der Waals surface area contributed by atoms with Crippen LogP contribution in [-0.4, -0.2) is 37.4 Å². The van der Waals surface area contributed by atoms with Gasteiger partial charge in [0.25, 0.3) is 5.91 Å². The lowest BCUT2D eigenvalue weighted by Gasteiger charge is -2.05. The molecule has 15 heavy (non-hydrogen) atoms. The number of carbonyl (C=O) groups excluding carboxylic acids is 1. The van der Waals surface area contributed by atoms with Crippen molar-refractivity contribution in [2.75, 3.05) is 26.4 Å². The summed E-state index contributed by atoms with van der Waals surface area (Å²) in [5, 5.41) is 15.0. The molecule has 1 heterocycles. The van der Waals surface area contributed by atoms with Crippen LogP contribution in [0.4, 0.5) is 0 Å². The first-order chi connectivity index (χ1) is 7.25. The number of ether oxygens (including phenoxy) is 1. The van der Waals surface area contributed by atoms with Gasteiger partial charge in [0.1, 0.15) is 0 Å². The van der Waals surface area contributed by atoms with Gasteiger partial charge in [0.2, 0.25) is 0 Å². The summed E-state index contributed by atoms with van der Waals surface area (Å²) in [6, 6.07) is 0. The van der Waals surface area contributed by atoms with Crippen LogP contribution in [0.1, 0.15) is 15.9 Å². The normalized spacial score (nSPS) is 10.3. The zero-order chi connectivity index (χ0) is 11.1. The number of aliphatic hydroxyl groups is 1. The summed E-state index contributed by atoms with van der Waals surface area (Å²) < 4.78 is 5.02. The van der Waals surface area contributed by atoms with E-state index in [0.29, 0.717) is 19.8 Å². The molecule has 5 heteroatoms. The first kappa shape index (κ1) is 12.2. The standard InChI is InChI=1S/C10H15NO3S/c1-8-6-15-7-9(8)10(13)11-2-4-14-5-3-12/h6-7,12H,2-5H2,1H3,(H,11,13). The van der Waals surface area contributed by atoms with Gasteiger partial charge in [-0.05, 0) is 17.9 Å². The predicted molar refractivity (Wildman–Crippen MR) is 59.3 cm³/mol. The Balaban J connectivity index is 2.22. The molecule has 0 aliphatic carbocycles. The number of rotatable bonds is 6. The summed E-state index contributed by atoms with van der Waals surface area (Å²) in [7, 11) is 0. The number of hydrogen-bond acceptors (Lipinski definition) is 4. The lowest BCUT2D eigenvalue weighted by atomic mass is 10.2. The van der Waals surface area contributed by atoms with E-state index in [-0.39, 0.29) is 12.5 Å². The number of hydrogen-bond donors (Lipinski definition) is 2. The minimum atomic E-state index is -0.0682. The summed E-state index contributed by atoms with van der Waals surface area (Å²) >= 11 is 1.52. The highest BCUT2D eigenvalue weighted by atomic mass is 32.1. The Hall–Kier alpha value is -0.910. The minimum absolute atomic E-state index is 0.0115. The van der Waals surface area contributed by atoms with Gasteiger partial charge >= 0.3 is 0 Å². The molecule has 1 rings (SSSR count). The summed E-state index contributed by atoms with van der Waals surface area (Å²) in [4.78, 5) is 11.5. The van der Waals surface area contributed by atoms with Gasteiger partial charge in [-0.1, -0.05) is 0 Å². The Kier molecular flexibility index (Phi) is 5.31. The summed E-state index contributed by atoms with van der Waals surface area (Å²) in [5.74, 6) is -0.0682. The first-order valence-corrected chi connectivity index (χ1v) is 5.69. The fourth-order valence-corrected chi connectivity index (χ4v) is 1.92. The van der Waals surface area contributed by atoms with Crippen molar-refractivity contribution in [1.82, 2.24) is 5.32 Å². The molecule has 1 amide bonds. The summed E-state index contributed by atoms with van der Waals surface area (Å²) in [6.07, 6.45) is 0. The maximum atomic E-state index is 11.5. The van der Waals surface area contributed by atoms with Gasteiger partial charge in [-0.3, -0.25) is 4.79 Å². The highest BCUT2D eigenvalue weighted by molar-refractivity contribution is 7.08. The molecule has 0 bridgehead atoms. The van der Waals surface area contributed by atoms with E-state index in [4.69, 9.17) is 9.84 Å². The zero-order valence-corrected chi connectivity index (χ0v) is 9.47. The van der Waals surface area contributed by atoms with Gasteiger partial charge < -0.3 is 15.2 Å². The smallest absolute Gasteiger partial charge is 0.252 e. The third kappa shape index (κ3) is 3.99. The number of aliphatic hydroxyl groups excluding tert-OH is 1. The molecule has 0 saturated heterocycles. The number of carbonyl (C=O) groups is 1. The third-order valence-electron chi connectivity index (χ3n) is 1.87. The topological polar surface area (TPSA) is 58.6 Å². The van der Waals surface area contributed by atoms with Gasteiger partial charge in [0.15, 0.2) is 0 Å². The Morgan fingerprint density at radius 1 is 1.53 bits per heavy atom. The quantitative estimate of drug-likeness (QED) is 0.709. The van der Waals surface area contributed by atoms with Gasteiger partial charge in [0.05, 0.1) is 25.4 Å². The van der Waals surface area contributed by atoms with E-state index < -0.39 is 0 Å². The van der Waals surface area contributed by atoms with Crippen molar-refractivity contribution in [1.29, 1.82) is 0 Å². The fraction of sp³-hybridized carbons (Fsp3) is 0.500. The fourth-order valence-electron chi connectivity index (χ4n) is 1.09. The highest BCUT2D eigenvalue weighted by Gasteiger charge is 2.08. The molecule has 0 saturated carbocycles. The second kappa shape index (κ2) is 6.55. The van der Waals surface area contributed by atoms with Crippen molar-refractivity contribution in [2.24, 2.45) is 0 Å². The number of nitrogens with one attached hydrogen (secondary N) is 1. The Labute approximate surface area is 92.9 Å². The molecular weight excluding hydrogens is 214 g/mol. The Morgan fingerprint density at radius 3 is 2.93 bits per heavy atom. The lowest BCUT2D eigenvalue weighted by Crippen LogP contribution is -2.27. The van der Waals surface area contributed by atoms with E-state index in [1.165, 1.54) is 11.3 Å². The van der Waals surface area contributed by atoms with Crippen LogP contribution in [-0.2, 0) is 4.74 Å². The SMILES string of the molecule is Cc1cscc1C(=O)NCCOCCO. The Morgan fingerprint density at radius 2 is 2.33 bits per heavy atom. The lowest BCUT2D eigenvalue weighted by molar-refractivity contribution is 0.0838. The molecule has 0 radical (unpaired) electrons. The van der Waals surface area contributed by atoms with Crippen molar-refractivity contribution in [3.05, 3.63) is 21.9 Å². The van der Waals surface area contributed by atoms with Gasteiger partial charge in [-0.25, -0.2) is 0 Å². The van der Waals surface area contributed by atoms with E-state index >= 15 is 0 Å². The molecule has 0 unspecified atom stereocenters. The zero-order valence-electron chi connectivity index (χ0n) is 8.66. The van der Waals surface area contributed by atoms with Crippen LogP contribution in [0.2, 0.25) is 0 Å². The van der Waals surface area contributed by atoms with E-state index in [1.54, 1.807) is 0 Å². The summed E-state index contributed by atoms with van der Waals surface area (Å²) in [5.41, 5.74) is 1.72. The van der Waals surface area contributed by atoms with Gasteiger partial charge in [0, 0.05) is 11.9 Å². The molecule has 0 spiro atoms. The van der Waals surface area contributed by atoms with Crippen LogP contribution >= 0.6 is 11.3 Å². The largest absolute Gasteiger partial charge is 0.394 e. The van der Waals surface area contributed by atoms with Crippen molar-refractivity contribution in [2.45, 2.75) is 6.92 Å². The van der Waals surface area contributed by atoms with E-state index in [0.717, 1.165) is 11.1 Å². The van der Waals surface area contributed by atoms with Crippen molar-refractivity contribution in [3.8, 4) is 0 Å². The van der Waals surface area contributed by atoms with Crippen molar-refractivity contribution in [3.63, 3.8) is 0 Å². The number of aryl methyl sites for hydroxylation is 1. The van der Waals surface area contributed by atoms with Crippen LogP contribution in [0, 0.1) is 6.92 Å². The second-order valence-corrected chi connectivity index (χ2v) is 3.80. The van der Waals surface area contributed by atoms with Gasteiger partial charge in [-0.2, -0.15) is 11.3 Å². The Bertz CT molecular complexity index is 311. The van der Waals surface area contributed by atoms with E-state index in [9.17, 15) is 4.79 Å². The molecule has 0 aromatic carbocycles. The maximum Gasteiger partial charge on any atom is 0.252 e. The number of amides is 1. The minimum Gasteiger partial charge on any atom is -0.394 e. The molecule has 1 aromatic rings. The predicted octanol–water partition coefficient (Wildman–Crippen LogP) is 0.795. The van der Waals surface area contributed by atoms with Crippen molar-refractivity contribution >= 4 is 17.2 Å². The molecule has 84 valence electrons. The molecule has 0 atom stereocenters. The molecule has 4 nitrogen and oxygen atoms in total. The second-order valence-electron chi connectivity index (χ2n) is 3.06. The molecule has 0 fully saturated rings. The van der Waals surface area contributed by atoms with Crippen LogP contribution in [0.15, 0.2) is 10.8 Å². The van der Waals surface area contributed by atoms with Gasteiger partial charge in [-0.15, -0.1) is 0 Å².